The Morgan fingerprint density at radius 1 is 1.10 bits per heavy atom. The van der Waals surface area contributed by atoms with Crippen molar-refractivity contribution in [1.82, 2.24) is 24.6 Å². The van der Waals surface area contributed by atoms with E-state index in [0.29, 0.717) is 11.8 Å². The molecule has 2 saturated heterocycles. The van der Waals surface area contributed by atoms with Gasteiger partial charge in [0, 0.05) is 56.3 Å². The first kappa shape index (κ1) is 28.9. The number of pyridine rings is 1. The Bertz CT molecular complexity index is 1430. The van der Waals surface area contributed by atoms with E-state index in [-0.39, 0.29) is 11.9 Å². The molecule has 224 valence electrons. The molecule has 1 N–H and O–H groups in total. The molecule has 1 spiro atoms. The van der Waals surface area contributed by atoms with Crippen molar-refractivity contribution in [2.45, 2.75) is 78.4 Å². The summed E-state index contributed by atoms with van der Waals surface area (Å²) in [5, 5.41) is 8.16. The van der Waals surface area contributed by atoms with Crippen molar-refractivity contribution in [2.75, 3.05) is 44.6 Å². The fourth-order valence-electron chi connectivity index (χ4n) is 7.12. The van der Waals surface area contributed by atoms with Crippen LogP contribution in [0.5, 0.6) is 0 Å². The Morgan fingerprint density at radius 3 is 2.67 bits per heavy atom. The van der Waals surface area contributed by atoms with Crippen molar-refractivity contribution in [2.24, 2.45) is 5.41 Å². The van der Waals surface area contributed by atoms with Gasteiger partial charge in [-0.15, -0.1) is 0 Å². The predicted octanol–water partition coefficient (Wildman–Crippen LogP) is 5.27. The molecule has 0 bridgehead atoms. The molecule has 5 heterocycles. The lowest BCUT2D eigenvalue weighted by atomic mass is 9.78. The molecule has 1 atom stereocenters. The number of aryl methyl sites for hydroxylation is 3. The lowest BCUT2D eigenvalue weighted by Gasteiger charge is -2.49. The molecule has 0 saturated carbocycles. The van der Waals surface area contributed by atoms with Gasteiger partial charge < -0.3 is 15.0 Å². The van der Waals surface area contributed by atoms with E-state index in [4.69, 9.17) is 9.72 Å². The summed E-state index contributed by atoms with van der Waals surface area (Å²) in [7, 11) is 0. The highest BCUT2D eigenvalue weighted by atomic mass is 16.6. The number of hydrogen-bond acceptors (Lipinski definition) is 7. The van der Waals surface area contributed by atoms with Crippen LogP contribution in [0.4, 0.5) is 5.82 Å². The molecular formula is C34H46N6O2. The molecule has 1 aromatic carbocycles. The Labute approximate surface area is 250 Å². The molecule has 6 rings (SSSR count). The highest BCUT2D eigenvalue weighted by molar-refractivity contribution is 5.71. The number of carbonyl (C=O) groups excluding carboxylic acids is 1. The summed E-state index contributed by atoms with van der Waals surface area (Å²) < 4.78 is 7.76. The highest BCUT2D eigenvalue weighted by Gasteiger charge is 2.47. The first-order valence-electron chi connectivity index (χ1n) is 15.6. The third-order valence-corrected chi connectivity index (χ3v) is 8.88. The van der Waals surface area contributed by atoms with Crippen LogP contribution >= 0.6 is 0 Å². The molecule has 8 heteroatoms. The molecule has 42 heavy (non-hydrogen) atoms. The monoisotopic (exact) mass is 570 g/mol. The average Bonchev–Trinajstić information content (AvgIpc) is 3.49. The summed E-state index contributed by atoms with van der Waals surface area (Å²) in [5.41, 5.74) is 6.65. The van der Waals surface area contributed by atoms with Gasteiger partial charge in [-0.1, -0.05) is 18.2 Å². The molecule has 0 unspecified atom stereocenters. The zero-order chi connectivity index (χ0) is 29.5. The van der Waals surface area contributed by atoms with Crippen LogP contribution in [0, 0.1) is 19.3 Å². The maximum atomic E-state index is 13.0. The van der Waals surface area contributed by atoms with Crippen LogP contribution in [0.2, 0.25) is 0 Å². The standard InChI is InChI=1S/C34H46N6O2/c1-24-16-25(2)40(37-24)30-10-6-8-27(17-30)28(18-31(41)42-33(3,4)5)19-39-22-34(23-39)13-15-38(21-34)20-29-12-11-26-9-7-14-35-32(26)36-29/h6,8,10-12,16-17,28H,7,9,13-15,18-23H2,1-5H3,(H,35,36)/t28-/m1/s1. The van der Waals surface area contributed by atoms with E-state index >= 15 is 0 Å². The molecule has 8 nitrogen and oxygen atoms in total. The van der Waals surface area contributed by atoms with Crippen LogP contribution in [-0.2, 0) is 22.5 Å². The Morgan fingerprint density at radius 2 is 1.90 bits per heavy atom. The summed E-state index contributed by atoms with van der Waals surface area (Å²) in [5.74, 6) is 0.998. The van der Waals surface area contributed by atoms with Crippen molar-refractivity contribution in [3.63, 3.8) is 0 Å². The zero-order valence-corrected chi connectivity index (χ0v) is 25.9. The van der Waals surface area contributed by atoms with Gasteiger partial charge in [0.25, 0.3) is 0 Å². The van der Waals surface area contributed by atoms with Gasteiger partial charge >= 0.3 is 5.97 Å². The van der Waals surface area contributed by atoms with E-state index in [1.54, 1.807) is 0 Å². The van der Waals surface area contributed by atoms with Gasteiger partial charge in [-0.05, 0) is 95.8 Å². The van der Waals surface area contributed by atoms with E-state index in [1.165, 1.54) is 18.4 Å². The molecule has 0 amide bonds. The van der Waals surface area contributed by atoms with E-state index in [9.17, 15) is 4.79 Å². The minimum absolute atomic E-state index is 0.0545. The molecule has 3 aromatic rings. The summed E-state index contributed by atoms with van der Waals surface area (Å²) in [6, 6.07) is 15.1. The number of nitrogens with zero attached hydrogens (tertiary/aromatic N) is 5. The fraction of sp³-hybridized carbons (Fsp3) is 0.559. The largest absolute Gasteiger partial charge is 0.460 e. The third-order valence-electron chi connectivity index (χ3n) is 8.88. The summed E-state index contributed by atoms with van der Waals surface area (Å²) in [4.78, 5) is 23.1. The van der Waals surface area contributed by atoms with Crippen LogP contribution in [0.15, 0.2) is 42.5 Å². The normalized spacial score (nSPS) is 19.3. The number of carbonyl (C=O) groups is 1. The van der Waals surface area contributed by atoms with Crippen molar-refractivity contribution in [3.05, 3.63) is 70.7 Å². The Hall–Kier alpha value is -3.23. The number of anilines is 1. The number of ether oxygens (including phenoxy) is 1. The van der Waals surface area contributed by atoms with Gasteiger partial charge in [0.2, 0.25) is 0 Å². The molecule has 2 aromatic heterocycles. The number of likely N-dealkylation sites (tertiary alicyclic amines) is 2. The summed E-state index contributed by atoms with van der Waals surface area (Å²) >= 11 is 0. The van der Waals surface area contributed by atoms with Crippen LogP contribution in [-0.4, -0.2) is 75.4 Å². The number of esters is 1. The van der Waals surface area contributed by atoms with Gasteiger partial charge in [-0.3, -0.25) is 9.69 Å². The topological polar surface area (TPSA) is 75.5 Å². The molecule has 2 fully saturated rings. The molecule has 0 radical (unpaired) electrons. The minimum Gasteiger partial charge on any atom is -0.460 e. The zero-order valence-electron chi connectivity index (χ0n) is 25.9. The Balaban J connectivity index is 1.11. The number of aromatic nitrogens is 3. The van der Waals surface area contributed by atoms with Crippen molar-refractivity contribution in [3.8, 4) is 5.69 Å². The fourth-order valence-corrected chi connectivity index (χ4v) is 7.12. The van der Waals surface area contributed by atoms with Crippen molar-refractivity contribution < 1.29 is 9.53 Å². The number of benzene rings is 1. The second kappa shape index (κ2) is 11.5. The second-order valence-corrected chi connectivity index (χ2v) is 13.9. The minimum atomic E-state index is -0.496. The predicted molar refractivity (Wildman–Crippen MR) is 166 cm³/mol. The second-order valence-electron chi connectivity index (χ2n) is 13.9. The lowest BCUT2D eigenvalue weighted by molar-refractivity contribution is -0.155. The van der Waals surface area contributed by atoms with Crippen molar-refractivity contribution >= 4 is 11.8 Å². The summed E-state index contributed by atoms with van der Waals surface area (Å²) in [6.45, 7) is 17.1. The molecule has 3 aliphatic heterocycles. The van der Waals surface area contributed by atoms with Crippen LogP contribution < -0.4 is 5.32 Å². The summed E-state index contributed by atoms with van der Waals surface area (Å²) in [6.07, 6.45) is 3.90. The number of nitrogens with one attached hydrogen (secondary N) is 1. The SMILES string of the molecule is Cc1cc(C)n(-c2cccc([C@H](CC(=O)OC(C)(C)C)CN3CC4(CCN(Cc5ccc6c(n5)NCCC6)C4)C3)c2)n1. The van der Waals surface area contributed by atoms with Crippen LogP contribution in [0.25, 0.3) is 5.69 Å². The Kier molecular flexibility index (Phi) is 7.87. The average molecular weight is 571 g/mol. The molecular weight excluding hydrogens is 524 g/mol. The quantitative estimate of drug-likeness (QED) is 0.370. The highest BCUT2D eigenvalue weighted by Crippen LogP contribution is 2.41. The van der Waals surface area contributed by atoms with Gasteiger partial charge in [-0.2, -0.15) is 5.10 Å². The van der Waals surface area contributed by atoms with Gasteiger partial charge in [0.1, 0.15) is 11.4 Å². The maximum absolute atomic E-state index is 13.0. The lowest BCUT2D eigenvalue weighted by Crippen LogP contribution is -2.58. The maximum Gasteiger partial charge on any atom is 0.306 e. The molecule has 0 aliphatic carbocycles. The third kappa shape index (κ3) is 6.55. The number of fused-ring (bicyclic) bond motifs is 1. The number of hydrogen-bond donors (Lipinski definition) is 1. The van der Waals surface area contributed by atoms with Crippen molar-refractivity contribution in [1.29, 1.82) is 0 Å². The van der Waals surface area contributed by atoms with E-state index in [0.717, 1.165) is 86.4 Å². The van der Waals surface area contributed by atoms with Crippen LogP contribution in [0.1, 0.15) is 74.2 Å². The molecule has 3 aliphatic rings. The van der Waals surface area contributed by atoms with Gasteiger partial charge in [0.15, 0.2) is 0 Å². The van der Waals surface area contributed by atoms with Gasteiger partial charge in [0.05, 0.1) is 23.5 Å². The smallest absolute Gasteiger partial charge is 0.306 e. The van der Waals surface area contributed by atoms with E-state index in [2.05, 4.69) is 69.6 Å². The number of rotatable bonds is 8. The first-order chi connectivity index (χ1) is 20.0. The van der Waals surface area contributed by atoms with Gasteiger partial charge in [-0.25, -0.2) is 9.67 Å². The first-order valence-corrected chi connectivity index (χ1v) is 15.6. The van der Waals surface area contributed by atoms with E-state index in [1.807, 2.05) is 32.4 Å². The van der Waals surface area contributed by atoms with E-state index < -0.39 is 5.60 Å². The van der Waals surface area contributed by atoms with Crippen LogP contribution in [0.3, 0.4) is 0 Å².